The molecule has 0 aliphatic rings. The molecular formula is C14H22N2O3. The lowest BCUT2D eigenvalue weighted by atomic mass is 10.1. The zero-order chi connectivity index (χ0) is 14.6. The highest BCUT2D eigenvalue weighted by molar-refractivity contribution is 5.86. The Hall–Kier alpha value is -1.75. The van der Waals surface area contributed by atoms with Crippen LogP contribution in [0.15, 0.2) is 18.2 Å². The summed E-state index contributed by atoms with van der Waals surface area (Å²) in [6.45, 7) is 7.28. The predicted molar refractivity (Wildman–Crippen MR) is 75.5 cm³/mol. The van der Waals surface area contributed by atoms with Crippen molar-refractivity contribution in [3.05, 3.63) is 23.8 Å². The summed E-state index contributed by atoms with van der Waals surface area (Å²) in [6, 6.07) is 5.16. The fraction of sp³-hybridized carbons (Fsp3) is 0.500. The summed E-state index contributed by atoms with van der Waals surface area (Å²) in [5, 5.41) is 2.70. The summed E-state index contributed by atoms with van der Waals surface area (Å²) in [7, 11) is 1.57. The van der Waals surface area contributed by atoms with E-state index < -0.39 is 11.7 Å². The highest BCUT2D eigenvalue weighted by atomic mass is 16.6. The second kappa shape index (κ2) is 5.93. The predicted octanol–water partition coefficient (Wildman–Crippen LogP) is 3.06. The second-order valence-electron chi connectivity index (χ2n) is 5.37. The highest BCUT2D eigenvalue weighted by Gasteiger charge is 2.18. The molecule has 1 rings (SSSR count). The van der Waals surface area contributed by atoms with Gasteiger partial charge in [0.25, 0.3) is 0 Å². The van der Waals surface area contributed by atoms with Crippen molar-refractivity contribution in [3.8, 4) is 5.75 Å². The maximum absolute atomic E-state index is 11.8. The molecule has 0 aliphatic carbocycles. The van der Waals surface area contributed by atoms with Crippen molar-refractivity contribution in [1.29, 1.82) is 0 Å². The number of nitrogens with two attached hydrogens (primary N) is 1. The molecule has 1 aromatic carbocycles. The first-order valence-corrected chi connectivity index (χ1v) is 6.16. The average molecular weight is 266 g/mol. The Morgan fingerprint density at radius 1 is 1.37 bits per heavy atom. The molecule has 0 radical (unpaired) electrons. The molecule has 0 bridgehead atoms. The van der Waals surface area contributed by atoms with Gasteiger partial charge in [-0.15, -0.1) is 0 Å². The Balaban J connectivity index is 2.94. The van der Waals surface area contributed by atoms with Gasteiger partial charge in [0, 0.05) is 12.1 Å². The molecule has 0 fully saturated rings. The fourth-order valence-corrected chi connectivity index (χ4v) is 1.58. The molecule has 3 N–H and O–H groups in total. The van der Waals surface area contributed by atoms with Gasteiger partial charge in [-0.25, -0.2) is 4.79 Å². The number of carbonyl (C=O) groups is 1. The molecule has 5 nitrogen and oxygen atoms in total. The van der Waals surface area contributed by atoms with E-state index in [1.54, 1.807) is 19.2 Å². The fourth-order valence-electron chi connectivity index (χ4n) is 1.58. The number of nitrogens with one attached hydrogen (secondary N) is 1. The van der Waals surface area contributed by atoms with Crippen LogP contribution in [0.3, 0.4) is 0 Å². The minimum atomic E-state index is -0.544. The minimum absolute atomic E-state index is 0.198. The molecule has 0 aromatic heterocycles. The number of amides is 1. The summed E-state index contributed by atoms with van der Waals surface area (Å²) < 4.78 is 10.4. The topological polar surface area (TPSA) is 73.6 Å². The van der Waals surface area contributed by atoms with Crippen LogP contribution < -0.4 is 15.8 Å². The van der Waals surface area contributed by atoms with E-state index in [-0.39, 0.29) is 6.04 Å². The standard InChI is InChI=1S/C14H22N2O3/c1-9(15)11-7-6-10(18-5)8-12(11)16-13(17)19-14(2,3)4/h6-9H,15H2,1-5H3,(H,16,17). The number of hydrogen-bond acceptors (Lipinski definition) is 4. The Kier molecular flexibility index (Phi) is 4.78. The van der Waals surface area contributed by atoms with Crippen LogP contribution in [0.4, 0.5) is 10.5 Å². The van der Waals surface area contributed by atoms with Crippen molar-refractivity contribution < 1.29 is 14.3 Å². The number of rotatable bonds is 3. The summed E-state index contributed by atoms with van der Waals surface area (Å²) >= 11 is 0. The largest absolute Gasteiger partial charge is 0.497 e. The van der Waals surface area contributed by atoms with Crippen LogP contribution in [-0.2, 0) is 4.74 Å². The van der Waals surface area contributed by atoms with Gasteiger partial charge in [0.15, 0.2) is 0 Å². The molecule has 5 heteroatoms. The van der Waals surface area contributed by atoms with Gasteiger partial charge in [0.05, 0.1) is 12.8 Å². The number of anilines is 1. The van der Waals surface area contributed by atoms with Crippen molar-refractivity contribution in [2.24, 2.45) is 5.73 Å². The Morgan fingerprint density at radius 3 is 2.47 bits per heavy atom. The first-order valence-electron chi connectivity index (χ1n) is 6.16. The van der Waals surface area contributed by atoms with Crippen molar-refractivity contribution in [2.75, 3.05) is 12.4 Å². The van der Waals surface area contributed by atoms with E-state index in [2.05, 4.69) is 5.32 Å². The Bertz CT molecular complexity index is 450. The van der Waals surface area contributed by atoms with Gasteiger partial charge in [-0.05, 0) is 39.3 Å². The lowest BCUT2D eigenvalue weighted by Gasteiger charge is -2.21. The molecule has 1 amide bonds. The van der Waals surface area contributed by atoms with Crippen LogP contribution in [0.5, 0.6) is 5.75 Å². The van der Waals surface area contributed by atoms with Crippen LogP contribution in [0, 0.1) is 0 Å². The molecule has 0 saturated carbocycles. The monoisotopic (exact) mass is 266 g/mol. The van der Waals surface area contributed by atoms with Gasteiger partial charge >= 0.3 is 6.09 Å². The number of carbonyl (C=O) groups excluding carboxylic acids is 1. The van der Waals surface area contributed by atoms with Gasteiger partial charge in [0.1, 0.15) is 11.4 Å². The molecule has 1 unspecified atom stereocenters. The Morgan fingerprint density at radius 2 is 2.00 bits per heavy atom. The maximum atomic E-state index is 11.8. The van der Waals surface area contributed by atoms with E-state index in [1.165, 1.54) is 0 Å². The molecule has 1 aromatic rings. The smallest absolute Gasteiger partial charge is 0.412 e. The number of hydrogen-bond donors (Lipinski definition) is 2. The maximum Gasteiger partial charge on any atom is 0.412 e. The van der Waals surface area contributed by atoms with E-state index in [4.69, 9.17) is 15.2 Å². The number of methoxy groups -OCH3 is 1. The van der Waals surface area contributed by atoms with E-state index in [0.717, 1.165) is 5.56 Å². The minimum Gasteiger partial charge on any atom is -0.497 e. The van der Waals surface area contributed by atoms with Crippen molar-refractivity contribution >= 4 is 11.8 Å². The van der Waals surface area contributed by atoms with E-state index in [9.17, 15) is 4.79 Å². The normalized spacial score (nSPS) is 12.7. The van der Waals surface area contributed by atoms with Crippen molar-refractivity contribution in [2.45, 2.75) is 39.3 Å². The molecule has 0 heterocycles. The molecule has 19 heavy (non-hydrogen) atoms. The zero-order valence-corrected chi connectivity index (χ0v) is 12.1. The van der Waals surface area contributed by atoms with Crippen LogP contribution >= 0.6 is 0 Å². The summed E-state index contributed by atoms with van der Waals surface area (Å²) in [5.74, 6) is 0.649. The van der Waals surface area contributed by atoms with Gasteiger partial charge in [-0.3, -0.25) is 5.32 Å². The summed E-state index contributed by atoms with van der Waals surface area (Å²) in [4.78, 5) is 11.8. The molecular weight excluding hydrogens is 244 g/mol. The third-order valence-electron chi connectivity index (χ3n) is 2.39. The van der Waals surface area contributed by atoms with Crippen LogP contribution in [0.2, 0.25) is 0 Å². The average Bonchev–Trinajstić information content (AvgIpc) is 2.25. The lowest BCUT2D eigenvalue weighted by molar-refractivity contribution is 0.0636. The molecule has 0 spiro atoms. The highest BCUT2D eigenvalue weighted by Crippen LogP contribution is 2.27. The third kappa shape index (κ3) is 4.79. The van der Waals surface area contributed by atoms with Crippen LogP contribution in [-0.4, -0.2) is 18.8 Å². The quantitative estimate of drug-likeness (QED) is 0.881. The van der Waals surface area contributed by atoms with Gasteiger partial charge in [0.2, 0.25) is 0 Å². The second-order valence-corrected chi connectivity index (χ2v) is 5.37. The Labute approximate surface area is 114 Å². The number of benzene rings is 1. The van der Waals surface area contributed by atoms with Gasteiger partial charge < -0.3 is 15.2 Å². The molecule has 0 saturated heterocycles. The summed E-state index contributed by atoms with van der Waals surface area (Å²) in [5.41, 5.74) is 6.76. The van der Waals surface area contributed by atoms with E-state index in [1.807, 2.05) is 33.8 Å². The molecule has 1 atom stereocenters. The van der Waals surface area contributed by atoms with E-state index in [0.29, 0.717) is 11.4 Å². The molecule has 0 aliphatic heterocycles. The SMILES string of the molecule is COc1ccc(C(C)N)c(NC(=O)OC(C)(C)C)c1. The zero-order valence-electron chi connectivity index (χ0n) is 12.1. The van der Waals surface area contributed by atoms with Crippen LogP contribution in [0.25, 0.3) is 0 Å². The molecule has 106 valence electrons. The van der Waals surface area contributed by atoms with Gasteiger partial charge in [-0.1, -0.05) is 6.07 Å². The third-order valence-corrected chi connectivity index (χ3v) is 2.39. The van der Waals surface area contributed by atoms with Crippen LogP contribution in [0.1, 0.15) is 39.3 Å². The first-order chi connectivity index (χ1) is 8.73. The summed E-state index contributed by atoms with van der Waals surface area (Å²) in [6.07, 6.45) is -0.511. The van der Waals surface area contributed by atoms with Crippen molar-refractivity contribution in [3.63, 3.8) is 0 Å². The van der Waals surface area contributed by atoms with Crippen molar-refractivity contribution in [1.82, 2.24) is 0 Å². The van der Waals surface area contributed by atoms with E-state index >= 15 is 0 Å². The first kappa shape index (κ1) is 15.3. The lowest BCUT2D eigenvalue weighted by Crippen LogP contribution is -2.27. The number of ether oxygens (including phenoxy) is 2. The van der Waals surface area contributed by atoms with Gasteiger partial charge in [-0.2, -0.15) is 0 Å².